The predicted molar refractivity (Wildman–Crippen MR) is 55.4 cm³/mol. The van der Waals surface area contributed by atoms with Gasteiger partial charge in [0.2, 0.25) is 5.91 Å². The van der Waals surface area contributed by atoms with Gasteiger partial charge in [0, 0.05) is 12.8 Å². The fourth-order valence-corrected chi connectivity index (χ4v) is 2.40. The Bertz CT molecular complexity index is 423. The first kappa shape index (κ1) is 10.1. The molecule has 1 aliphatic rings. The molecular weight excluding hydrogens is 216 g/mol. The SMILES string of the molecule is CC(=O)Nc1sc(C2CC2)nc1C(=O)O. The minimum absolute atomic E-state index is 0.0444. The molecule has 1 heterocycles. The molecule has 1 aliphatic carbocycles. The van der Waals surface area contributed by atoms with Crippen LogP contribution in [-0.2, 0) is 4.79 Å². The number of anilines is 1. The monoisotopic (exact) mass is 226 g/mol. The summed E-state index contributed by atoms with van der Waals surface area (Å²) in [5, 5.41) is 12.5. The van der Waals surface area contributed by atoms with Gasteiger partial charge in [0.25, 0.3) is 0 Å². The van der Waals surface area contributed by atoms with Crippen LogP contribution in [0.3, 0.4) is 0 Å². The van der Waals surface area contributed by atoms with Crippen molar-refractivity contribution in [3.8, 4) is 0 Å². The highest BCUT2D eigenvalue weighted by Gasteiger charge is 2.30. The topological polar surface area (TPSA) is 79.3 Å². The van der Waals surface area contributed by atoms with E-state index in [2.05, 4.69) is 10.3 Å². The van der Waals surface area contributed by atoms with Crippen LogP contribution in [0, 0.1) is 0 Å². The molecule has 6 heteroatoms. The molecule has 0 atom stereocenters. The van der Waals surface area contributed by atoms with E-state index in [0.29, 0.717) is 10.9 Å². The number of rotatable bonds is 3. The number of carboxylic acid groups (broad SMARTS) is 1. The van der Waals surface area contributed by atoms with Crippen molar-refractivity contribution in [1.29, 1.82) is 0 Å². The molecule has 0 bridgehead atoms. The van der Waals surface area contributed by atoms with Gasteiger partial charge in [-0.2, -0.15) is 0 Å². The number of nitrogens with zero attached hydrogens (tertiary/aromatic N) is 1. The Hall–Kier alpha value is -1.43. The maximum Gasteiger partial charge on any atom is 0.357 e. The molecule has 0 unspecified atom stereocenters. The van der Waals surface area contributed by atoms with Crippen molar-refractivity contribution in [1.82, 2.24) is 4.98 Å². The van der Waals surface area contributed by atoms with E-state index < -0.39 is 5.97 Å². The first-order valence-electron chi connectivity index (χ1n) is 4.59. The van der Waals surface area contributed by atoms with Crippen molar-refractivity contribution in [3.05, 3.63) is 10.7 Å². The number of aromatic carboxylic acids is 1. The number of aromatic nitrogens is 1. The number of hydrogen-bond donors (Lipinski definition) is 2. The molecule has 0 aliphatic heterocycles. The van der Waals surface area contributed by atoms with E-state index in [1.165, 1.54) is 18.3 Å². The van der Waals surface area contributed by atoms with Gasteiger partial charge in [0.05, 0.1) is 5.01 Å². The van der Waals surface area contributed by atoms with Gasteiger partial charge in [-0.1, -0.05) is 0 Å². The predicted octanol–water partition coefficient (Wildman–Crippen LogP) is 1.68. The molecule has 1 aromatic heterocycles. The summed E-state index contributed by atoms with van der Waals surface area (Å²) in [6.45, 7) is 1.35. The van der Waals surface area contributed by atoms with Gasteiger partial charge in [-0.15, -0.1) is 11.3 Å². The number of thiazole rings is 1. The molecule has 1 aromatic rings. The number of nitrogens with one attached hydrogen (secondary N) is 1. The molecule has 80 valence electrons. The second kappa shape index (κ2) is 3.62. The fourth-order valence-electron chi connectivity index (χ4n) is 1.23. The molecule has 0 aromatic carbocycles. The Balaban J connectivity index is 2.32. The molecule has 1 amide bonds. The second-order valence-corrected chi connectivity index (χ2v) is 4.52. The van der Waals surface area contributed by atoms with Crippen LogP contribution >= 0.6 is 11.3 Å². The Morgan fingerprint density at radius 2 is 2.20 bits per heavy atom. The Morgan fingerprint density at radius 1 is 1.53 bits per heavy atom. The molecule has 2 rings (SSSR count). The van der Waals surface area contributed by atoms with Crippen molar-refractivity contribution in [2.75, 3.05) is 5.32 Å². The lowest BCUT2D eigenvalue weighted by Gasteiger charge is -1.96. The Morgan fingerprint density at radius 3 is 2.67 bits per heavy atom. The fraction of sp³-hybridized carbons (Fsp3) is 0.444. The molecule has 0 saturated heterocycles. The molecule has 5 nitrogen and oxygen atoms in total. The number of carbonyl (C=O) groups is 2. The quantitative estimate of drug-likeness (QED) is 0.821. The molecule has 2 N–H and O–H groups in total. The van der Waals surface area contributed by atoms with E-state index in [1.54, 1.807) is 0 Å². The minimum Gasteiger partial charge on any atom is -0.476 e. The van der Waals surface area contributed by atoms with Crippen molar-refractivity contribution < 1.29 is 14.7 Å². The number of amides is 1. The van der Waals surface area contributed by atoms with Crippen LogP contribution in [0.4, 0.5) is 5.00 Å². The summed E-state index contributed by atoms with van der Waals surface area (Å²) in [4.78, 5) is 25.7. The third-order valence-corrected chi connectivity index (χ3v) is 3.20. The lowest BCUT2D eigenvalue weighted by Crippen LogP contribution is -2.08. The van der Waals surface area contributed by atoms with Gasteiger partial charge in [-0.25, -0.2) is 9.78 Å². The number of carbonyl (C=O) groups excluding carboxylic acids is 1. The van der Waals surface area contributed by atoms with Crippen LogP contribution in [0.5, 0.6) is 0 Å². The van der Waals surface area contributed by atoms with Crippen molar-refractivity contribution >= 4 is 28.2 Å². The van der Waals surface area contributed by atoms with Crippen LogP contribution in [-0.4, -0.2) is 22.0 Å². The summed E-state index contributed by atoms with van der Waals surface area (Å²) in [6, 6.07) is 0. The lowest BCUT2D eigenvalue weighted by atomic mass is 10.4. The summed E-state index contributed by atoms with van der Waals surface area (Å²) < 4.78 is 0. The molecule has 15 heavy (non-hydrogen) atoms. The van der Waals surface area contributed by atoms with Crippen LogP contribution in [0.25, 0.3) is 0 Å². The molecule has 0 spiro atoms. The van der Waals surface area contributed by atoms with Crippen LogP contribution in [0.1, 0.15) is 41.2 Å². The Kier molecular flexibility index (Phi) is 2.44. The largest absolute Gasteiger partial charge is 0.476 e. The lowest BCUT2D eigenvalue weighted by molar-refractivity contribution is -0.114. The van der Waals surface area contributed by atoms with Gasteiger partial charge >= 0.3 is 5.97 Å². The standard InChI is InChI=1S/C9H10N2O3S/c1-4(12)10-8-6(9(13)14)11-7(15-8)5-2-3-5/h5H,2-3H2,1H3,(H,10,12)(H,13,14). The summed E-state index contributed by atoms with van der Waals surface area (Å²) in [5.41, 5.74) is -0.0444. The molecule has 1 fully saturated rings. The van der Waals surface area contributed by atoms with Crippen LogP contribution < -0.4 is 5.32 Å². The smallest absolute Gasteiger partial charge is 0.357 e. The normalized spacial score (nSPS) is 15.0. The first-order chi connectivity index (χ1) is 7.08. The van der Waals surface area contributed by atoms with Crippen molar-refractivity contribution in [2.24, 2.45) is 0 Å². The van der Waals surface area contributed by atoms with E-state index in [-0.39, 0.29) is 11.6 Å². The van der Waals surface area contributed by atoms with Gasteiger partial charge in [0.1, 0.15) is 5.00 Å². The summed E-state index contributed by atoms with van der Waals surface area (Å²) in [5.74, 6) is -0.971. The first-order valence-corrected chi connectivity index (χ1v) is 5.41. The zero-order chi connectivity index (χ0) is 11.0. The van der Waals surface area contributed by atoms with E-state index in [1.807, 2.05) is 0 Å². The molecule has 0 radical (unpaired) electrons. The highest BCUT2D eigenvalue weighted by Crippen LogP contribution is 2.43. The number of carboxylic acids is 1. The van der Waals surface area contributed by atoms with Gasteiger partial charge < -0.3 is 10.4 Å². The van der Waals surface area contributed by atoms with E-state index in [9.17, 15) is 9.59 Å². The average molecular weight is 226 g/mol. The molecule has 1 saturated carbocycles. The zero-order valence-electron chi connectivity index (χ0n) is 8.11. The highest BCUT2D eigenvalue weighted by molar-refractivity contribution is 7.16. The number of hydrogen-bond acceptors (Lipinski definition) is 4. The minimum atomic E-state index is -1.10. The van der Waals surface area contributed by atoms with Gasteiger partial charge in [-0.3, -0.25) is 4.79 Å². The van der Waals surface area contributed by atoms with E-state index >= 15 is 0 Å². The van der Waals surface area contributed by atoms with E-state index in [0.717, 1.165) is 17.8 Å². The van der Waals surface area contributed by atoms with Crippen LogP contribution in [0.2, 0.25) is 0 Å². The highest BCUT2D eigenvalue weighted by atomic mass is 32.1. The van der Waals surface area contributed by atoms with Gasteiger partial charge in [0.15, 0.2) is 5.69 Å². The van der Waals surface area contributed by atoms with E-state index in [4.69, 9.17) is 5.11 Å². The van der Waals surface area contributed by atoms with Crippen LogP contribution in [0.15, 0.2) is 0 Å². The van der Waals surface area contributed by atoms with Crippen molar-refractivity contribution in [3.63, 3.8) is 0 Å². The van der Waals surface area contributed by atoms with Gasteiger partial charge in [-0.05, 0) is 12.8 Å². The Labute approximate surface area is 90.1 Å². The second-order valence-electron chi connectivity index (χ2n) is 3.49. The molecular formula is C9H10N2O3S. The zero-order valence-corrected chi connectivity index (χ0v) is 8.93. The third-order valence-electron chi connectivity index (χ3n) is 2.06. The summed E-state index contributed by atoms with van der Waals surface area (Å²) in [6.07, 6.45) is 2.12. The summed E-state index contributed by atoms with van der Waals surface area (Å²) >= 11 is 1.26. The maximum absolute atomic E-state index is 10.9. The third kappa shape index (κ3) is 2.15. The van der Waals surface area contributed by atoms with Crippen molar-refractivity contribution in [2.45, 2.75) is 25.7 Å². The average Bonchev–Trinajstić information content (AvgIpc) is 2.88. The summed E-state index contributed by atoms with van der Waals surface area (Å²) in [7, 11) is 0. The maximum atomic E-state index is 10.9.